The highest BCUT2D eigenvalue weighted by Gasteiger charge is 2.33. The minimum Gasteiger partial charge on any atom is -0.369 e. The van der Waals surface area contributed by atoms with Gasteiger partial charge < -0.3 is 16.0 Å². The summed E-state index contributed by atoms with van der Waals surface area (Å²) in [5.41, 5.74) is 5.28. The van der Waals surface area contributed by atoms with Crippen molar-refractivity contribution in [3.63, 3.8) is 0 Å². The van der Waals surface area contributed by atoms with Crippen LogP contribution in [0.25, 0.3) is 0 Å². The molecule has 0 bridgehead atoms. The van der Waals surface area contributed by atoms with Gasteiger partial charge in [-0.2, -0.15) is 0 Å². The predicted octanol–water partition coefficient (Wildman–Crippen LogP) is -1.39. The van der Waals surface area contributed by atoms with Gasteiger partial charge in [0.1, 0.15) is 0 Å². The molecule has 0 saturated carbocycles. The lowest BCUT2D eigenvalue weighted by molar-refractivity contribution is -0.135. The van der Waals surface area contributed by atoms with Gasteiger partial charge in [0.05, 0.1) is 12.0 Å². The fourth-order valence-electron chi connectivity index (χ4n) is 2.68. The molecule has 2 atom stereocenters. The molecule has 0 aromatic heterocycles. The lowest BCUT2D eigenvalue weighted by Crippen LogP contribution is -2.53. The Morgan fingerprint density at radius 2 is 1.94 bits per heavy atom. The standard InChI is InChI=1S/C12H22N4O2/c1-9(15-6-3-14-4-7-15)12(18)16-5-2-10(8-16)11(13)17/h9-10,14H,2-8H2,1H3,(H2,13,17). The second-order valence-electron chi connectivity index (χ2n) is 5.13. The average Bonchev–Trinajstić information content (AvgIpc) is 2.88. The van der Waals surface area contributed by atoms with Crippen LogP contribution in [0.2, 0.25) is 0 Å². The van der Waals surface area contributed by atoms with Gasteiger partial charge in [0.25, 0.3) is 0 Å². The Bertz CT molecular complexity index is 328. The number of nitrogens with two attached hydrogens (primary N) is 1. The quantitative estimate of drug-likeness (QED) is 0.650. The van der Waals surface area contributed by atoms with Crippen molar-refractivity contribution in [3.8, 4) is 0 Å². The summed E-state index contributed by atoms with van der Waals surface area (Å²) >= 11 is 0. The molecule has 102 valence electrons. The summed E-state index contributed by atoms with van der Waals surface area (Å²) in [6.45, 7) is 6.77. The first-order valence-electron chi connectivity index (χ1n) is 6.62. The second-order valence-corrected chi connectivity index (χ2v) is 5.13. The summed E-state index contributed by atoms with van der Waals surface area (Å²) in [7, 11) is 0. The molecule has 2 aliphatic rings. The van der Waals surface area contributed by atoms with E-state index in [9.17, 15) is 9.59 Å². The van der Waals surface area contributed by atoms with Crippen LogP contribution in [0.1, 0.15) is 13.3 Å². The van der Waals surface area contributed by atoms with E-state index in [1.54, 1.807) is 4.90 Å². The van der Waals surface area contributed by atoms with Gasteiger partial charge in [-0.25, -0.2) is 0 Å². The Morgan fingerprint density at radius 1 is 1.28 bits per heavy atom. The van der Waals surface area contributed by atoms with Crippen molar-refractivity contribution < 1.29 is 9.59 Å². The van der Waals surface area contributed by atoms with Crippen molar-refractivity contribution in [2.75, 3.05) is 39.3 Å². The highest BCUT2D eigenvalue weighted by atomic mass is 16.2. The molecule has 0 radical (unpaired) electrons. The molecule has 2 heterocycles. The van der Waals surface area contributed by atoms with Gasteiger partial charge in [-0.3, -0.25) is 14.5 Å². The molecule has 6 heteroatoms. The second kappa shape index (κ2) is 5.67. The van der Waals surface area contributed by atoms with Crippen molar-refractivity contribution in [2.45, 2.75) is 19.4 Å². The number of hydrogen-bond donors (Lipinski definition) is 2. The fraction of sp³-hybridized carbons (Fsp3) is 0.833. The Balaban J connectivity index is 1.89. The predicted molar refractivity (Wildman–Crippen MR) is 67.8 cm³/mol. The van der Waals surface area contributed by atoms with Crippen LogP contribution >= 0.6 is 0 Å². The van der Waals surface area contributed by atoms with Gasteiger partial charge in [-0.15, -0.1) is 0 Å². The Hall–Kier alpha value is -1.14. The molecule has 2 unspecified atom stereocenters. The van der Waals surface area contributed by atoms with Gasteiger partial charge in [-0.05, 0) is 13.3 Å². The molecule has 2 rings (SSSR count). The molecule has 2 fully saturated rings. The largest absolute Gasteiger partial charge is 0.369 e. The third-order valence-electron chi connectivity index (χ3n) is 3.96. The van der Waals surface area contributed by atoms with Crippen LogP contribution in [0.4, 0.5) is 0 Å². The van der Waals surface area contributed by atoms with E-state index >= 15 is 0 Å². The van der Waals surface area contributed by atoms with Gasteiger partial charge in [0, 0.05) is 39.3 Å². The van der Waals surface area contributed by atoms with Crippen LogP contribution in [0.3, 0.4) is 0 Å². The van der Waals surface area contributed by atoms with Crippen LogP contribution < -0.4 is 11.1 Å². The molecule has 0 aromatic carbocycles. The van der Waals surface area contributed by atoms with E-state index in [0.717, 1.165) is 26.2 Å². The van der Waals surface area contributed by atoms with Crippen LogP contribution in [0.5, 0.6) is 0 Å². The highest BCUT2D eigenvalue weighted by Crippen LogP contribution is 2.18. The Morgan fingerprint density at radius 3 is 2.50 bits per heavy atom. The number of piperazine rings is 1. The Labute approximate surface area is 107 Å². The number of amides is 2. The molecule has 6 nitrogen and oxygen atoms in total. The maximum atomic E-state index is 12.3. The summed E-state index contributed by atoms with van der Waals surface area (Å²) in [5, 5.41) is 3.27. The van der Waals surface area contributed by atoms with E-state index in [1.165, 1.54) is 0 Å². The van der Waals surface area contributed by atoms with Crippen molar-refractivity contribution in [1.82, 2.24) is 15.1 Å². The van der Waals surface area contributed by atoms with Crippen molar-refractivity contribution in [2.24, 2.45) is 11.7 Å². The van der Waals surface area contributed by atoms with Crippen molar-refractivity contribution >= 4 is 11.8 Å². The van der Waals surface area contributed by atoms with Gasteiger partial charge in [0.15, 0.2) is 0 Å². The van der Waals surface area contributed by atoms with E-state index < -0.39 is 0 Å². The van der Waals surface area contributed by atoms with Gasteiger partial charge in [0.2, 0.25) is 11.8 Å². The SMILES string of the molecule is CC(C(=O)N1CCC(C(N)=O)C1)N1CCNCC1. The summed E-state index contributed by atoms with van der Waals surface area (Å²) in [6.07, 6.45) is 0.704. The van der Waals surface area contributed by atoms with E-state index in [4.69, 9.17) is 5.73 Å². The zero-order chi connectivity index (χ0) is 13.1. The molecular weight excluding hydrogens is 232 g/mol. The first-order chi connectivity index (χ1) is 8.59. The molecule has 0 aliphatic carbocycles. The fourth-order valence-corrected chi connectivity index (χ4v) is 2.68. The normalized spacial score (nSPS) is 27.2. The molecule has 2 amide bonds. The van der Waals surface area contributed by atoms with Crippen LogP contribution in [0, 0.1) is 5.92 Å². The van der Waals surface area contributed by atoms with Crippen molar-refractivity contribution in [3.05, 3.63) is 0 Å². The molecule has 18 heavy (non-hydrogen) atoms. The lowest BCUT2D eigenvalue weighted by Gasteiger charge is -2.34. The number of nitrogens with zero attached hydrogens (tertiary/aromatic N) is 2. The maximum Gasteiger partial charge on any atom is 0.239 e. The number of nitrogens with one attached hydrogen (secondary N) is 1. The molecule has 2 saturated heterocycles. The van der Waals surface area contributed by atoms with Crippen LogP contribution in [-0.4, -0.2) is 66.9 Å². The minimum absolute atomic E-state index is 0.0984. The summed E-state index contributed by atoms with van der Waals surface area (Å²) in [6, 6.07) is -0.0984. The molecular formula is C12H22N4O2. The number of carbonyl (C=O) groups is 2. The number of primary amides is 1. The molecule has 0 aromatic rings. The minimum atomic E-state index is -0.292. The smallest absolute Gasteiger partial charge is 0.239 e. The van der Waals surface area contributed by atoms with Crippen LogP contribution in [0.15, 0.2) is 0 Å². The monoisotopic (exact) mass is 254 g/mol. The maximum absolute atomic E-state index is 12.3. The number of carbonyl (C=O) groups excluding carboxylic acids is 2. The summed E-state index contributed by atoms with van der Waals surface area (Å²) in [4.78, 5) is 27.4. The van der Waals surface area contributed by atoms with Crippen LogP contribution in [-0.2, 0) is 9.59 Å². The lowest BCUT2D eigenvalue weighted by atomic mass is 10.1. The first-order valence-corrected chi connectivity index (χ1v) is 6.62. The first kappa shape index (κ1) is 13.3. The Kier molecular flexibility index (Phi) is 4.19. The van der Waals surface area contributed by atoms with E-state index in [2.05, 4.69) is 10.2 Å². The van der Waals surface area contributed by atoms with Gasteiger partial charge in [-0.1, -0.05) is 0 Å². The summed E-state index contributed by atoms with van der Waals surface area (Å²) < 4.78 is 0. The molecule has 0 spiro atoms. The van der Waals surface area contributed by atoms with E-state index in [0.29, 0.717) is 19.5 Å². The number of hydrogen-bond acceptors (Lipinski definition) is 4. The molecule has 2 aliphatic heterocycles. The van der Waals surface area contributed by atoms with E-state index in [-0.39, 0.29) is 23.8 Å². The van der Waals surface area contributed by atoms with Crippen molar-refractivity contribution in [1.29, 1.82) is 0 Å². The molecule has 3 N–H and O–H groups in total. The third kappa shape index (κ3) is 2.81. The topological polar surface area (TPSA) is 78.7 Å². The number of rotatable bonds is 3. The van der Waals surface area contributed by atoms with Gasteiger partial charge >= 0.3 is 0 Å². The average molecular weight is 254 g/mol. The highest BCUT2D eigenvalue weighted by molar-refractivity contribution is 5.84. The van der Waals surface area contributed by atoms with E-state index in [1.807, 2.05) is 6.92 Å². The third-order valence-corrected chi connectivity index (χ3v) is 3.96. The zero-order valence-corrected chi connectivity index (χ0v) is 10.9. The number of likely N-dealkylation sites (tertiary alicyclic amines) is 1. The zero-order valence-electron chi connectivity index (χ0n) is 10.9. The summed E-state index contributed by atoms with van der Waals surface area (Å²) in [5.74, 6) is -0.329.